The summed E-state index contributed by atoms with van der Waals surface area (Å²) in [5.41, 5.74) is 1.64. The summed E-state index contributed by atoms with van der Waals surface area (Å²) in [7, 11) is 6.93. The molecule has 2 N–H and O–H groups in total. The predicted molar refractivity (Wildman–Crippen MR) is 111 cm³/mol. The standard InChI is InChI=1S/C21H28N4O3/c1-22-21(25(2)15-17-8-5-6-11-19(17)28-4)24-13-12-23-20(26)16-9-7-10-18(14-16)27-3/h5-11,14H,12-13,15H2,1-4H3,(H,22,24)(H,23,26). The van der Waals surface area contributed by atoms with Crippen LogP contribution in [0.15, 0.2) is 53.5 Å². The Morgan fingerprint density at radius 3 is 2.50 bits per heavy atom. The third-order valence-electron chi connectivity index (χ3n) is 4.20. The van der Waals surface area contributed by atoms with Gasteiger partial charge in [0.1, 0.15) is 11.5 Å². The van der Waals surface area contributed by atoms with Gasteiger partial charge in [-0.25, -0.2) is 0 Å². The van der Waals surface area contributed by atoms with E-state index in [4.69, 9.17) is 9.47 Å². The smallest absolute Gasteiger partial charge is 0.251 e. The molecule has 0 saturated heterocycles. The van der Waals surface area contributed by atoms with Gasteiger partial charge in [-0.3, -0.25) is 9.79 Å². The predicted octanol–water partition coefficient (Wildman–Crippen LogP) is 2.14. The fraction of sp³-hybridized carbons (Fsp3) is 0.333. The van der Waals surface area contributed by atoms with Crippen LogP contribution < -0.4 is 20.1 Å². The lowest BCUT2D eigenvalue weighted by molar-refractivity contribution is 0.0954. The summed E-state index contributed by atoms with van der Waals surface area (Å²) in [5, 5.41) is 6.14. The number of benzene rings is 2. The second kappa shape index (κ2) is 10.8. The van der Waals surface area contributed by atoms with Gasteiger partial charge >= 0.3 is 0 Å². The van der Waals surface area contributed by atoms with Crippen LogP contribution in [-0.4, -0.2) is 58.2 Å². The zero-order chi connectivity index (χ0) is 20.4. The highest BCUT2D eigenvalue weighted by molar-refractivity contribution is 5.94. The molecular weight excluding hydrogens is 356 g/mol. The van der Waals surface area contributed by atoms with Crippen molar-refractivity contribution in [3.63, 3.8) is 0 Å². The SMILES string of the molecule is CN=C(NCCNC(=O)c1cccc(OC)c1)N(C)Cc1ccccc1OC. The molecule has 7 nitrogen and oxygen atoms in total. The maximum Gasteiger partial charge on any atom is 0.251 e. The van der Waals surface area contributed by atoms with Crippen molar-refractivity contribution in [1.29, 1.82) is 0 Å². The van der Waals surface area contributed by atoms with Gasteiger partial charge in [-0.2, -0.15) is 0 Å². The maximum atomic E-state index is 12.2. The van der Waals surface area contributed by atoms with Crippen molar-refractivity contribution >= 4 is 11.9 Å². The van der Waals surface area contributed by atoms with E-state index in [1.54, 1.807) is 45.5 Å². The molecule has 0 radical (unpaired) electrons. The summed E-state index contributed by atoms with van der Waals surface area (Å²) in [4.78, 5) is 18.5. The van der Waals surface area contributed by atoms with Crippen LogP contribution in [0.4, 0.5) is 0 Å². The molecule has 2 aromatic rings. The van der Waals surface area contributed by atoms with Crippen LogP contribution in [0.2, 0.25) is 0 Å². The molecule has 2 aromatic carbocycles. The van der Waals surface area contributed by atoms with Crippen LogP contribution in [0.25, 0.3) is 0 Å². The summed E-state index contributed by atoms with van der Waals surface area (Å²) in [6.45, 7) is 1.68. The first-order valence-corrected chi connectivity index (χ1v) is 9.05. The van der Waals surface area contributed by atoms with E-state index < -0.39 is 0 Å². The fourth-order valence-corrected chi connectivity index (χ4v) is 2.77. The van der Waals surface area contributed by atoms with Gasteiger partial charge in [0.05, 0.1) is 14.2 Å². The van der Waals surface area contributed by atoms with Gasteiger partial charge in [0.25, 0.3) is 5.91 Å². The molecule has 2 rings (SSSR count). The molecule has 0 fully saturated rings. The first-order chi connectivity index (χ1) is 13.6. The molecule has 0 aromatic heterocycles. The van der Waals surface area contributed by atoms with E-state index in [0.717, 1.165) is 17.3 Å². The summed E-state index contributed by atoms with van der Waals surface area (Å²) in [6.07, 6.45) is 0. The van der Waals surface area contributed by atoms with E-state index in [1.165, 1.54) is 0 Å². The highest BCUT2D eigenvalue weighted by atomic mass is 16.5. The van der Waals surface area contributed by atoms with Crippen molar-refractivity contribution in [3.8, 4) is 11.5 Å². The summed E-state index contributed by atoms with van der Waals surface area (Å²) < 4.78 is 10.5. The van der Waals surface area contributed by atoms with Crippen LogP contribution in [0.3, 0.4) is 0 Å². The van der Waals surface area contributed by atoms with Crippen molar-refractivity contribution in [1.82, 2.24) is 15.5 Å². The van der Waals surface area contributed by atoms with Gasteiger partial charge in [0.2, 0.25) is 0 Å². The molecule has 0 heterocycles. The molecule has 0 aliphatic heterocycles. The number of carbonyl (C=O) groups excluding carboxylic acids is 1. The number of hydrogen-bond acceptors (Lipinski definition) is 4. The van der Waals surface area contributed by atoms with Crippen molar-refractivity contribution < 1.29 is 14.3 Å². The molecule has 7 heteroatoms. The minimum absolute atomic E-state index is 0.141. The Kier molecular flexibility index (Phi) is 8.14. The average molecular weight is 384 g/mol. The Hall–Kier alpha value is -3.22. The van der Waals surface area contributed by atoms with Crippen molar-refractivity contribution in [2.75, 3.05) is 41.4 Å². The molecule has 0 bridgehead atoms. The molecule has 0 aliphatic rings. The quantitative estimate of drug-likeness (QED) is 0.414. The van der Waals surface area contributed by atoms with Crippen LogP contribution in [0.1, 0.15) is 15.9 Å². The highest BCUT2D eigenvalue weighted by Gasteiger charge is 2.10. The van der Waals surface area contributed by atoms with Crippen LogP contribution in [0, 0.1) is 0 Å². The number of ether oxygens (including phenoxy) is 2. The van der Waals surface area contributed by atoms with Crippen LogP contribution in [-0.2, 0) is 6.54 Å². The average Bonchev–Trinajstić information content (AvgIpc) is 2.73. The number of guanidine groups is 1. The zero-order valence-corrected chi connectivity index (χ0v) is 16.9. The molecule has 150 valence electrons. The number of para-hydroxylation sites is 1. The molecule has 0 saturated carbocycles. The second-order valence-electron chi connectivity index (χ2n) is 6.13. The van der Waals surface area contributed by atoms with Crippen LogP contribution >= 0.6 is 0 Å². The lowest BCUT2D eigenvalue weighted by Crippen LogP contribution is -2.42. The van der Waals surface area contributed by atoms with Crippen molar-refractivity contribution in [3.05, 3.63) is 59.7 Å². The van der Waals surface area contributed by atoms with Gasteiger partial charge < -0.3 is 25.0 Å². The molecule has 0 spiro atoms. The lowest BCUT2D eigenvalue weighted by Gasteiger charge is -2.23. The monoisotopic (exact) mass is 384 g/mol. The third-order valence-corrected chi connectivity index (χ3v) is 4.20. The van der Waals surface area contributed by atoms with E-state index in [2.05, 4.69) is 15.6 Å². The molecule has 0 aliphatic carbocycles. The number of amides is 1. The maximum absolute atomic E-state index is 12.2. The summed E-state index contributed by atoms with van der Waals surface area (Å²) in [5.74, 6) is 2.10. The summed E-state index contributed by atoms with van der Waals surface area (Å²) in [6, 6.07) is 15.0. The Morgan fingerprint density at radius 1 is 1.04 bits per heavy atom. The third kappa shape index (κ3) is 5.90. The molecule has 0 atom stereocenters. The molecule has 0 unspecified atom stereocenters. The number of nitrogens with one attached hydrogen (secondary N) is 2. The highest BCUT2D eigenvalue weighted by Crippen LogP contribution is 2.18. The minimum atomic E-state index is -0.141. The Balaban J connectivity index is 1.82. The normalized spacial score (nSPS) is 10.9. The van der Waals surface area contributed by atoms with Crippen molar-refractivity contribution in [2.45, 2.75) is 6.54 Å². The van der Waals surface area contributed by atoms with E-state index in [1.807, 2.05) is 36.2 Å². The Labute approximate surface area is 166 Å². The van der Waals surface area contributed by atoms with Gasteiger partial charge in [-0.05, 0) is 24.3 Å². The van der Waals surface area contributed by atoms with E-state index in [0.29, 0.717) is 30.9 Å². The summed E-state index contributed by atoms with van der Waals surface area (Å²) >= 11 is 0. The molecule has 1 amide bonds. The Morgan fingerprint density at radius 2 is 1.79 bits per heavy atom. The minimum Gasteiger partial charge on any atom is -0.497 e. The van der Waals surface area contributed by atoms with Gasteiger partial charge in [-0.15, -0.1) is 0 Å². The Bertz CT molecular complexity index is 808. The van der Waals surface area contributed by atoms with Gasteiger partial charge in [-0.1, -0.05) is 24.3 Å². The van der Waals surface area contributed by atoms with Gasteiger partial charge in [0, 0.05) is 44.9 Å². The lowest BCUT2D eigenvalue weighted by atomic mass is 10.2. The number of carbonyl (C=O) groups is 1. The van der Waals surface area contributed by atoms with Crippen molar-refractivity contribution in [2.24, 2.45) is 4.99 Å². The first-order valence-electron chi connectivity index (χ1n) is 9.05. The molecule has 28 heavy (non-hydrogen) atoms. The topological polar surface area (TPSA) is 75.2 Å². The molecular formula is C21H28N4O3. The number of rotatable bonds is 8. The largest absolute Gasteiger partial charge is 0.497 e. The van der Waals surface area contributed by atoms with E-state index >= 15 is 0 Å². The number of nitrogens with zero attached hydrogens (tertiary/aromatic N) is 2. The number of hydrogen-bond donors (Lipinski definition) is 2. The second-order valence-corrected chi connectivity index (χ2v) is 6.13. The van der Waals surface area contributed by atoms with E-state index in [-0.39, 0.29) is 5.91 Å². The first kappa shape index (κ1) is 21.1. The number of aliphatic imine (C=N–C) groups is 1. The zero-order valence-electron chi connectivity index (χ0n) is 16.9. The number of methoxy groups -OCH3 is 2. The van der Waals surface area contributed by atoms with Gasteiger partial charge in [0.15, 0.2) is 5.96 Å². The van der Waals surface area contributed by atoms with E-state index in [9.17, 15) is 4.79 Å². The van der Waals surface area contributed by atoms with Crippen LogP contribution in [0.5, 0.6) is 11.5 Å². The fourth-order valence-electron chi connectivity index (χ4n) is 2.77.